The molecule has 0 bridgehead atoms. The molecular formula is C26H22NO. The Morgan fingerprint density at radius 1 is 0.857 bits per heavy atom. The van der Waals surface area contributed by atoms with Crippen molar-refractivity contribution in [2.24, 2.45) is 11.1 Å². The second-order valence-electron chi connectivity index (χ2n) is 7.96. The lowest BCUT2D eigenvalue weighted by atomic mass is 9.72. The summed E-state index contributed by atoms with van der Waals surface area (Å²) in [6.07, 6.45) is 7.78. The van der Waals surface area contributed by atoms with Crippen LogP contribution in [0.15, 0.2) is 78.4 Å². The van der Waals surface area contributed by atoms with Gasteiger partial charge >= 0.3 is 0 Å². The number of benzene rings is 3. The molecule has 1 amide bonds. The lowest BCUT2D eigenvalue weighted by molar-refractivity contribution is 0.100. The number of primary amides is 1. The van der Waals surface area contributed by atoms with E-state index in [0.717, 1.165) is 19.3 Å². The average Bonchev–Trinajstić information content (AvgIpc) is 3.30. The summed E-state index contributed by atoms with van der Waals surface area (Å²) in [6.45, 7) is 0. The Bertz CT molecular complexity index is 1070. The highest BCUT2D eigenvalue weighted by molar-refractivity contribution is 5.92. The van der Waals surface area contributed by atoms with Crippen LogP contribution in [-0.2, 0) is 19.3 Å². The fourth-order valence-electron chi connectivity index (χ4n) is 4.71. The molecule has 2 nitrogen and oxygen atoms in total. The van der Waals surface area contributed by atoms with Gasteiger partial charge < -0.3 is 5.73 Å². The van der Waals surface area contributed by atoms with E-state index in [0.29, 0.717) is 5.56 Å². The zero-order chi connectivity index (χ0) is 19.1. The van der Waals surface area contributed by atoms with Gasteiger partial charge in [0.15, 0.2) is 0 Å². The molecule has 28 heavy (non-hydrogen) atoms. The molecule has 2 N–H and O–H groups in total. The van der Waals surface area contributed by atoms with Crippen LogP contribution < -0.4 is 5.73 Å². The van der Waals surface area contributed by atoms with Crippen molar-refractivity contribution >= 4 is 12.0 Å². The zero-order valence-corrected chi connectivity index (χ0v) is 15.7. The minimum absolute atomic E-state index is 0.0308. The van der Waals surface area contributed by atoms with Crippen LogP contribution >= 0.6 is 0 Å². The molecule has 2 aliphatic carbocycles. The molecule has 0 fully saturated rings. The van der Waals surface area contributed by atoms with Gasteiger partial charge in [-0.1, -0.05) is 72.3 Å². The standard InChI is InChI=1S/C26H22NO/c27-25(28)19-11-9-18(10-12-19)15-26(16-22-7-3-4-8-23(22)17-26)24-13-20-5-1-2-6-21(20)14-24/h1-13,16H,14-15,17H2,(H2,27,28). The Morgan fingerprint density at radius 2 is 1.54 bits per heavy atom. The highest BCUT2D eigenvalue weighted by atomic mass is 16.1. The van der Waals surface area contributed by atoms with Crippen molar-refractivity contribution in [3.63, 3.8) is 0 Å². The van der Waals surface area contributed by atoms with Crippen molar-refractivity contribution in [3.8, 4) is 0 Å². The molecule has 3 aromatic carbocycles. The number of carbonyl (C=O) groups is 1. The maximum absolute atomic E-state index is 11.4. The van der Waals surface area contributed by atoms with E-state index >= 15 is 0 Å². The number of allylic oxidation sites excluding steroid dienone is 1. The molecular weight excluding hydrogens is 342 g/mol. The molecule has 0 spiro atoms. The first-order valence-electron chi connectivity index (χ1n) is 9.74. The third-order valence-corrected chi connectivity index (χ3v) is 6.16. The summed E-state index contributed by atoms with van der Waals surface area (Å²) in [5.41, 5.74) is 14.1. The largest absolute Gasteiger partial charge is 0.366 e. The van der Waals surface area contributed by atoms with Crippen molar-refractivity contribution in [2.45, 2.75) is 19.3 Å². The van der Waals surface area contributed by atoms with Gasteiger partial charge in [-0.05, 0) is 59.2 Å². The van der Waals surface area contributed by atoms with Crippen LogP contribution in [0.25, 0.3) is 6.08 Å². The second kappa shape index (κ2) is 6.49. The summed E-state index contributed by atoms with van der Waals surface area (Å²) >= 11 is 0. The van der Waals surface area contributed by atoms with E-state index in [1.54, 1.807) is 0 Å². The zero-order valence-electron chi connectivity index (χ0n) is 15.7. The molecule has 1 radical (unpaired) electrons. The summed E-state index contributed by atoms with van der Waals surface area (Å²) in [5, 5.41) is 0. The van der Waals surface area contributed by atoms with Gasteiger partial charge in [-0.25, -0.2) is 0 Å². The highest BCUT2D eigenvalue weighted by Gasteiger charge is 2.41. The van der Waals surface area contributed by atoms with Crippen LogP contribution in [0.4, 0.5) is 0 Å². The smallest absolute Gasteiger partial charge is 0.248 e. The van der Waals surface area contributed by atoms with E-state index in [1.165, 1.54) is 33.4 Å². The number of fused-ring (bicyclic) bond motifs is 2. The van der Waals surface area contributed by atoms with E-state index in [1.807, 2.05) is 24.3 Å². The molecule has 1 atom stereocenters. The van der Waals surface area contributed by atoms with Gasteiger partial charge in [-0.2, -0.15) is 0 Å². The topological polar surface area (TPSA) is 43.1 Å². The van der Waals surface area contributed by atoms with E-state index < -0.39 is 0 Å². The van der Waals surface area contributed by atoms with Crippen molar-refractivity contribution in [3.05, 3.63) is 118 Å². The van der Waals surface area contributed by atoms with Crippen molar-refractivity contribution in [1.82, 2.24) is 0 Å². The van der Waals surface area contributed by atoms with Crippen molar-refractivity contribution in [1.29, 1.82) is 0 Å². The first-order valence-corrected chi connectivity index (χ1v) is 9.74. The quantitative estimate of drug-likeness (QED) is 0.712. The van der Waals surface area contributed by atoms with E-state index in [9.17, 15) is 4.79 Å². The summed E-state index contributed by atoms with van der Waals surface area (Å²) in [6, 6.07) is 25.1. The van der Waals surface area contributed by atoms with Gasteiger partial charge in [0.2, 0.25) is 5.91 Å². The molecule has 137 valence electrons. The Morgan fingerprint density at radius 3 is 2.21 bits per heavy atom. The average molecular weight is 364 g/mol. The molecule has 0 saturated heterocycles. The number of amides is 1. The summed E-state index contributed by atoms with van der Waals surface area (Å²) in [7, 11) is 0. The second-order valence-corrected chi connectivity index (χ2v) is 7.96. The fourth-order valence-corrected chi connectivity index (χ4v) is 4.71. The number of rotatable bonds is 4. The Kier molecular flexibility index (Phi) is 3.94. The monoisotopic (exact) mass is 364 g/mol. The minimum Gasteiger partial charge on any atom is -0.366 e. The number of hydrogen-bond donors (Lipinski definition) is 1. The van der Waals surface area contributed by atoms with Gasteiger partial charge in [-0.3, -0.25) is 4.79 Å². The first kappa shape index (κ1) is 17.0. The van der Waals surface area contributed by atoms with Gasteiger partial charge in [0.1, 0.15) is 0 Å². The number of nitrogens with two attached hydrogens (primary N) is 1. The number of carbonyl (C=O) groups excluding carboxylic acids is 1. The summed E-state index contributed by atoms with van der Waals surface area (Å²) in [4.78, 5) is 11.4. The normalized spacial score (nSPS) is 16.4. The lowest BCUT2D eigenvalue weighted by Crippen LogP contribution is -2.26. The van der Waals surface area contributed by atoms with Gasteiger partial charge in [0.25, 0.3) is 0 Å². The van der Waals surface area contributed by atoms with E-state index in [4.69, 9.17) is 5.73 Å². The summed E-state index contributed by atoms with van der Waals surface area (Å²) in [5.74, 6) is -0.380. The molecule has 2 aliphatic rings. The van der Waals surface area contributed by atoms with Crippen LogP contribution in [-0.4, -0.2) is 5.91 Å². The van der Waals surface area contributed by atoms with E-state index in [-0.39, 0.29) is 11.3 Å². The van der Waals surface area contributed by atoms with Gasteiger partial charge in [0, 0.05) is 17.4 Å². The molecule has 0 aliphatic heterocycles. The molecule has 2 heteroatoms. The highest BCUT2D eigenvalue weighted by Crippen LogP contribution is 2.50. The molecule has 5 rings (SSSR count). The Hall–Kier alpha value is -3.13. The molecule has 1 unspecified atom stereocenters. The molecule has 3 aromatic rings. The van der Waals surface area contributed by atoms with Crippen LogP contribution in [0, 0.1) is 11.8 Å². The Labute approximate surface area is 165 Å². The van der Waals surface area contributed by atoms with Crippen LogP contribution in [0.5, 0.6) is 0 Å². The van der Waals surface area contributed by atoms with Crippen LogP contribution in [0.2, 0.25) is 0 Å². The van der Waals surface area contributed by atoms with Gasteiger partial charge in [0.05, 0.1) is 0 Å². The van der Waals surface area contributed by atoms with E-state index in [2.05, 4.69) is 61.0 Å². The van der Waals surface area contributed by atoms with Crippen molar-refractivity contribution < 1.29 is 4.79 Å². The predicted octanol–water partition coefficient (Wildman–Crippen LogP) is 4.76. The minimum atomic E-state index is -0.380. The Balaban J connectivity index is 1.53. The first-order chi connectivity index (χ1) is 13.6. The lowest BCUT2D eigenvalue weighted by Gasteiger charge is -2.31. The molecule has 0 heterocycles. The van der Waals surface area contributed by atoms with Crippen molar-refractivity contribution in [2.75, 3.05) is 0 Å². The van der Waals surface area contributed by atoms with Crippen LogP contribution in [0.3, 0.4) is 0 Å². The fraction of sp³-hybridized carbons (Fsp3) is 0.154. The third kappa shape index (κ3) is 2.86. The van der Waals surface area contributed by atoms with Crippen LogP contribution in [0.1, 0.15) is 38.2 Å². The predicted molar refractivity (Wildman–Crippen MR) is 113 cm³/mol. The summed E-state index contributed by atoms with van der Waals surface area (Å²) < 4.78 is 0. The molecule has 0 saturated carbocycles. The third-order valence-electron chi connectivity index (χ3n) is 6.16. The molecule has 0 aromatic heterocycles. The number of hydrogen-bond acceptors (Lipinski definition) is 1. The maximum atomic E-state index is 11.4. The SMILES string of the molecule is NC(=O)c1ccc(CC2(C3=Cc4ccccc4C3)[CH]c3ccccc3C2)cc1. The maximum Gasteiger partial charge on any atom is 0.248 e. The van der Waals surface area contributed by atoms with Gasteiger partial charge in [-0.15, -0.1) is 0 Å².